The molecule has 4 nitrogen and oxygen atoms in total. The van der Waals surface area contributed by atoms with Crippen molar-refractivity contribution in [1.29, 1.82) is 0 Å². The smallest absolute Gasteiger partial charge is 0.0685 e. The summed E-state index contributed by atoms with van der Waals surface area (Å²) in [4.78, 5) is 10.9. The molecule has 0 aromatic carbocycles. The topological polar surface area (TPSA) is 24.5 Å². The Bertz CT molecular complexity index is 162. The lowest BCUT2D eigenvalue weighted by molar-refractivity contribution is -0.0664. The summed E-state index contributed by atoms with van der Waals surface area (Å²) in [6, 6.07) is 0. The first-order chi connectivity index (χ1) is 7.95. The molecule has 0 atom stereocenters. The third-order valence-corrected chi connectivity index (χ3v) is 2.90. The van der Waals surface area contributed by atoms with Crippen molar-refractivity contribution < 1.29 is 9.68 Å². The molecule has 0 aliphatic carbocycles. The molecule has 2 aliphatic rings. The number of hydroxylamine groups is 4. The highest BCUT2D eigenvalue weighted by atomic mass is 16.7. The van der Waals surface area contributed by atoms with Crippen molar-refractivity contribution in [3.8, 4) is 0 Å². The first-order valence-corrected chi connectivity index (χ1v) is 6.71. The summed E-state index contributed by atoms with van der Waals surface area (Å²) in [7, 11) is 0. The maximum absolute atomic E-state index is 5.44. The molecule has 0 aromatic rings. The van der Waals surface area contributed by atoms with Crippen molar-refractivity contribution in [2.24, 2.45) is 0 Å². The van der Waals surface area contributed by atoms with Gasteiger partial charge in [0.15, 0.2) is 0 Å². The Balaban J connectivity index is 1.22. The van der Waals surface area contributed by atoms with Gasteiger partial charge in [-0.25, -0.2) is 0 Å². The molecule has 0 aromatic heterocycles. The van der Waals surface area contributed by atoms with Crippen molar-refractivity contribution >= 4 is 0 Å². The van der Waals surface area contributed by atoms with E-state index in [1.54, 1.807) is 0 Å². The van der Waals surface area contributed by atoms with E-state index >= 15 is 0 Å². The van der Waals surface area contributed by atoms with Crippen LogP contribution in [0.3, 0.4) is 0 Å². The third kappa shape index (κ3) is 6.43. The molecule has 0 saturated carbocycles. The summed E-state index contributed by atoms with van der Waals surface area (Å²) < 4.78 is 0. The highest BCUT2D eigenvalue weighted by Crippen LogP contribution is 2.10. The van der Waals surface area contributed by atoms with Crippen LogP contribution in [0.5, 0.6) is 0 Å². The molecule has 0 radical (unpaired) electrons. The summed E-state index contributed by atoms with van der Waals surface area (Å²) in [5.41, 5.74) is 0. The van der Waals surface area contributed by atoms with Crippen LogP contribution in [-0.4, -0.2) is 49.5 Å². The first kappa shape index (κ1) is 12.3. The van der Waals surface area contributed by atoms with Gasteiger partial charge >= 0.3 is 0 Å². The molecule has 0 spiro atoms. The molecule has 2 aliphatic heterocycles. The van der Waals surface area contributed by atoms with Gasteiger partial charge in [-0.1, -0.05) is 25.7 Å². The molecule has 0 amide bonds. The predicted octanol–water partition coefficient (Wildman–Crippen LogP) is 1.82. The molecule has 2 heterocycles. The average Bonchev–Trinajstić information content (AvgIpc) is 3.14. The minimum atomic E-state index is 0.915. The molecule has 16 heavy (non-hydrogen) atoms. The number of rotatable bonds is 11. The van der Waals surface area contributed by atoms with E-state index in [0.29, 0.717) is 0 Å². The minimum Gasteiger partial charge on any atom is -0.299 e. The van der Waals surface area contributed by atoms with Gasteiger partial charge in [-0.15, -0.1) is 0 Å². The highest BCUT2D eigenvalue weighted by molar-refractivity contribution is 4.61. The van der Waals surface area contributed by atoms with Crippen LogP contribution in [-0.2, 0) is 9.68 Å². The standard InChI is InChI=1S/C12H24N2O2/c1(3-5-11-15-13-7-8-13)2-4-6-12-16-14-9-10-14/h1-12H2. The Morgan fingerprint density at radius 3 is 1.31 bits per heavy atom. The fourth-order valence-corrected chi connectivity index (χ4v) is 1.64. The van der Waals surface area contributed by atoms with Gasteiger partial charge in [0.2, 0.25) is 0 Å². The van der Waals surface area contributed by atoms with Crippen LogP contribution in [0.2, 0.25) is 0 Å². The molecule has 0 bridgehead atoms. The van der Waals surface area contributed by atoms with E-state index in [0.717, 1.165) is 39.4 Å². The highest BCUT2D eigenvalue weighted by Gasteiger charge is 2.17. The van der Waals surface area contributed by atoms with Crippen molar-refractivity contribution in [1.82, 2.24) is 10.1 Å². The van der Waals surface area contributed by atoms with Crippen molar-refractivity contribution in [3.05, 3.63) is 0 Å². The lowest BCUT2D eigenvalue weighted by Crippen LogP contribution is -2.01. The Labute approximate surface area is 98.4 Å². The maximum atomic E-state index is 5.44. The zero-order chi connectivity index (χ0) is 11.1. The summed E-state index contributed by atoms with van der Waals surface area (Å²) in [6.07, 6.45) is 7.71. The Morgan fingerprint density at radius 1 is 0.562 bits per heavy atom. The molecule has 0 unspecified atom stereocenters. The summed E-state index contributed by atoms with van der Waals surface area (Å²) in [5, 5.41) is 4.04. The maximum Gasteiger partial charge on any atom is 0.0685 e. The van der Waals surface area contributed by atoms with Crippen LogP contribution in [0.1, 0.15) is 38.5 Å². The predicted molar refractivity (Wildman–Crippen MR) is 62.8 cm³/mol. The van der Waals surface area contributed by atoms with Gasteiger partial charge in [0, 0.05) is 26.2 Å². The van der Waals surface area contributed by atoms with E-state index < -0.39 is 0 Å². The molecule has 94 valence electrons. The zero-order valence-electron chi connectivity index (χ0n) is 10.2. The van der Waals surface area contributed by atoms with Crippen molar-refractivity contribution in [2.75, 3.05) is 39.4 Å². The van der Waals surface area contributed by atoms with Crippen molar-refractivity contribution in [2.45, 2.75) is 38.5 Å². The van der Waals surface area contributed by atoms with E-state index in [-0.39, 0.29) is 0 Å². The normalized spacial score (nSPS) is 20.2. The second kappa shape index (κ2) is 7.22. The summed E-state index contributed by atoms with van der Waals surface area (Å²) in [6.45, 7) is 6.37. The van der Waals surface area contributed by atoms with E-state index in [2.05, 4.69) is 0 Å². The van der Waals surface area contributed by atoms with Crippen molar-refractivity contribution in [3.63, 3.8) is 0 Å². The van der Waals surface area contributed by atoms with Gasteiger partial charge in [0.05, 0.1) is 13.2 Å². The van der Waals surface area contributed by atoms with Crippen LogP contribution in [0.4, 0.5) is 0 Å². The Morgan fingerprint density at radius 2 is 0.938 bits per heavy atom. The van der Waals surface area contributed by atoms with Crippen LogP contribution in [0.15, 0.2) is 0 Å². The number of hydrogen-bond donors (Lipinski definition) is 0. The van der Waals surface area contributed by atoms with E-state index in [9.17, 15) is 0 Å². The third-order valence-electron chi connectivity index (χ3n) is 2.90. The molecule has 2 saturated heterocycles. The van der Waals surface area contributed by atoms with Gasteiger partial charge in [-0.05, 0) is 12.8 Å². The van der Waals surface area contributed by atoms with Crippen LogP contribution in [0, 0.1) is 0 Å². The van der Waals surface area contributed by atoms with Gasteiger partial charge in [0.1, 0.15) is 0 Å². The van der Waals surface area contributed by atoms with E-state index in [1.165, 1.54) is 38.5 Å². The van der Waals surface area contributed by atoms with Crippen LogP contribution >= 0.6 is 0 Å². The molecule has 0 N–H and O–H groups in total. The molecular formula is C12H24N2O2. The SMILES string of the molecule is C(CCCCON1CC1)CCCON1CC1. The first-order valence-electron chi connectivity index (χ1n) is 6.71. The average molecular weight is 228 g/mol. The molecule has 4 heteroatoms. The van der Waals surface area contributed by atoms with Crippen LogP contribution < -0.4 is 0 Å². The van der Waals surface area contributed by atoms with Gasteiger partial charge in [-0.2, -0.15) is 10.1 Å². The summed E-state index contributed by atoms with van der Waals surface area (Å²) in [5.74, 6) is 0. The quantitative estimate of drug-likeness (QED) is 0.398. The fraction of sp³-hybridized carbons (Fsp3) is 1.00. The molecule has 2 fully saturated rings. The lowest BCUT2D eigenvalue weighted by atomic mass is 10.1. The monoisotopic (exact) mass is 228 g/mol. The Kier molecular flexibility index (Phi) is 5.55. The number of unbranched alkanes of at least 4 members (excludes halogenated alkanes) is 5. The van der Waals surface area contributed by atoms with Gasteiger partial charge < -0.3 is 0 Å². The zero-order valence-corrected chi connectivity index (χ0v) is 10.2. The fourth-order valence-electron chi connectivity index (χ4n) is 1.64. The summed E-state index contributed by atoms with van der Waals surface area (Å²) >= 11 is 0. The lowest BCUT2D eigenvalue weighted by Gasteiger charge is -2.04. The largest absolute Gasteiger partial charge is 0.299 e. The second-order valence-electron chi connectivity index (χ2n) is 4.65. The second-order valence-corrected chi connectivity index (χ2v) is 4.65. The Hall–Kier alpha value is -0.160. The minimum absolute atomic E-state index is 0.915. The number of nitrogens with zero attached hydrogens (tertiary/aromatic N) is 2. The molecule has 2 rings (SSSR count). The van der Waals surface area contributed by atoms with Crippen LogP contribution in [0.25, 0.3) is 0 Å². The molecular weight excluding hydrogens is 204 g/mol. The van der Waals surface area contributed by atoms with Gasteiger partial charge in [0.25, 0.3) is 0 Å². The van der Waals surface area contributed by atoms with Gasteiger partial charge in [-0.3, -0.25) is 9.68 Å². The van der Waals surface area contributed by atoms with E-state index in [1.807, 2.05) is 10.1 Å². The van der Waals surface area contributed by atoms with E-state index in [4.69, 9.17) is 9.68 Å². The number of hydrogen-bond acceptors (Lipinski definition) is 4.